The summed E-state index contributed by atoms with van der Waals surface area (Å²) < 4.78 is 2.59. The van der Waals surface area contributed by atoms with E-state index in [-0.39, 0.29) is 0 Å². The molecular weight excluding hydrogens is 615 g/mol. The number of rotatable bonds is 2. The van der Waals surface area contributed by atoms with Crippen molar-refractivity contribution in [2.75, 3.05) is 0 Å². The largest absolute Gasteiger partial charge is 0.254 e. The Bertz CT molecular complexity index is 3120. The number of hydrogen-bond donors (Lipinski definition) is 0. The minimum atomic E-state index is 0.919. The van der Waals surface area contributed by atoms with Gasteiger partial charge in [0.25, 0.3) is 0 Å². The van der Waals surface area contributed by atoms with Crippen LogP contribution in [-0.2, 0) is 0 Å². The Kier molecular flexibility index (Phi) is 5.54. The lowest BCUT2D eigenvalue weighted by Crippen LogP contribution is -1.96. The molecule has 0 aliphatic heterocycles. The van der Waals surface area contributed by atoms with Crippen molar-refractivity contribution in [1.29, 1.82) is 0 Å². The summed E-state index contributed by atoms with van der Waals surface area (Å²) in [5.41, 5.74) is 7.07. The molecule has 11 aromatic rings. The van der Waals surface area contributed by atoms with Crippen molar-refractivity contribution < 1.29 is 0 Å². The average Bonchev–Trinajstić information content (AvgIpc) is 3.55. The Morgan fingerprint density at radius 3 is 1.76 bits per heavy atom. The molecule has 49 heavy (non-hydrogen) atoms. The van der Waals surface area contributed by atoms with Crippen LogP contribution in [0.2, 0.25) is 0 Å². The lowest BCUT2D eigenvalue weighted by Gasteiger charge is -2.19. The molecule has 7 aromatic carbocycles. The van der Waals surface area contributed by atoms with Gasteiger partial charge in [-0.1, -0.05) is 115 Å². The van der Waals surface area contributed by atoms with Gasteiger partial charge in [-0.15, -0.1) is 11.3 Å². The Morgan fingerprint density at radius 2 is 1.00 bits per heavy atom. The van der Waals surface area contributed by atoms with E-state index in [0.29, 0.717) is 0 Å². The molecule has 0 fully saturated rings. The molecule has 0 N–H and O–H groups in total. The predicted octanol–water partition coefficient (Wildman–Crippen LogP) is 12.5. The van der Waals surface area contributed by atoms with Gasteiger partial charge in [-0.3, -0.25) is 4.98 Å². The first-order valence-corrected chi connectivity index (χ1v) is 17.3. The van der Waals surface area contributed by atoms with Gasteiger partial charge in [0.1, 0.15) is 0 Å². The highest BCUT2D eigenvalue weighted by Crippen LogP contribution is 2.47. The Labute approximate surface area is 284 Å². The predicted molar refractivity (Wildman–Crippen MR) is 209 cm³/mol. The fourth-order valence-electron chi connectivity index (χ4n) is 7.97. The van der Waals surface area contributed by atoms with Gasteiger partial charge in [-0.2, -0.15) is 0 Å². The van der Waals surface area contributed by atoms with Crippen LogP contribution >= 0.6 is 11.3 Å². The molecule has 0 spiro atoms. The molecule has 0 amide bonds. The SMILES string of the molecule is c1cnc2c(c1)ccc1ccc(-c3c4ccccc4c(-c4nc5ccc6sc7ccccc7c6c5c5ccccc45)c4ccccc34)nc12. The number of thiophene rings is 1. The number of benzene rings is 7. The second-order valence-corrected chi connectivity index (χ2v) is 13.8. The summed E-state index contributed by atoms with van der Waals surface area (Å²) in [6, 6.07) is 52.2. The highest BCUT2D eigenvalue weighted by atomic mass is 32.1. The third-order valence-corrected chi connectivity index (χ3v) is 11.2. The van der Waals surface area contributed by atoms with Crippen molar-refractivity contribution in [1.82, 2.24) is 15.0 Å². The molecule has 0 atom stereocenters. The highest BCUT2D eigenvalue weighted by Gasteiger charge is 2.22. The molecule has 4 heteroatoms. The summed E-state index contributed by atoms with van der Waals surface area (Å²) in [6.45, 7) is 0. The zero-order valence-corrected chi connectivity index (χ0v) is 27.0. The topological polar surface area (TPSA) is 38.7 Å². The van der Waals surface area contributed by atoms with Gasteiger partial charge in [-0.05, 0) is 57.3 Å². The number of hydrogen-bond acceptors (Lipinski definition) is 4. The normalized spacial score (nSPS) is 12.1. The fraction of sp³-hybridized carbons (Fsp3) is 0. The Morgan fingerprint density at radius 1 is 0.388 bits per heavy atom. The molecule has 11 rings (SSSR count). The quantitative estimate of drug-likeness (QED) is 0.140. The smallest absolute Gasteiger partial charge is 0.0972 e. The molecule has 3 nitrogen and oxygen atoms in total. The summed E-state index contributed by atoms with van der Waals surface area (Å²) in [4.78, 5) is 15.6. The molecule has 0 aliphatic rings. The van der Waals surface area contributed by atoms with Crippen molar-refractivity contribution in [2.24, 2.45) is 0 Å². The number of aromatic nitrogens is 3. The van der Waals surface area contributed by atoms with Crippen molar-refractivity contribution in [3.8, 4) is 22.5 Å². The molecule has 226 valence electrons. The van der Waals surface area contributed by atoms with E-state index in [2.05, 4.69) is 140 Å². The second-order valence-electron chi connectivity index (χ2n) is 12.7. The maximum atomic E-state index is 5.57. The van der Waals surface area contributed by atoms with Crippen molar-refractivity contribution in [3.05, 3.63) is 152 Å². The van der Waals surface area contributed by atoms with Crippen LogP contribution < -0.4 is 0 Å². The highest BCUT2D eigenvalue weighted by molar-refractivity contribution is 7.26. The van der Waals surface area contributed by atoms with Gasteiger partial charge in [0.2, 0.25) is 0 Å². The number of nitrogens with zero attached hydrogens (tertiary/aromatic N) is 3. The Balaban J connectivity index is 1.27. The zero-order chi connectivity index (χ0) is 32.1. The van der Waals surface area contributed by atoms with Gasteiger partial charge in [0, 0.05) is 59.0 Å². The van der Waals surface area contributed by atoms with E-state index in [1.165, 1.54) is 30.9 Å². The third-order valence-electron chi connectivity index (χ3n) is 10.1. The van der Waals surface area contributed by atoms with Crippen LogP contribution in [0, 0.1) is 0 Å². The van der Waals surface area contributed by atoms with Crippen molar-refractivity contribution in [2.45, 2.75) is 0 Å². The molecule has 0 bridgehead atoms. The maximum Gasteiger partial charge on any atom is 0.0972 e. The average molecular weight is 640 g/mol. The van der Waals surface area contributed by atoms with Gasteiger partial charge in [0.15, 0.2) is 0 Å². The lowest BCUT2D eigenvalue weighted by atomic mass is 9.87. The van der Waals surface area contributed by atoms with Crippen molar-refractivity contribution in [3.63, 3.8) is 0 Å². The fourth-order valence-corrected chi connectivity index (χ4v) is 9.09. The second kappa shape index (κ2) is 10.1. The van der Waals surface area contributed by atoms with E-state index in [1.54, 1.807) is 0 Å². The van der Waals surface area contributed by atoms with Gasteiger partial charge >= 0.3 is 0 Å². The van der Waals surface area contributed by atoms with Crippen LogP contribution in [-0.4, -0.2) is 15.0 Å². The molecule has 4 aromatic heterocycles. The minimum absolute atomic E-state index is 0.919. The Hall–Kier alpha value is -6.23. The molecule has 0 saturated carbocycles. The number of fused-ring (bicyclic) bond motifs is 12. The summed E-state index contributed by atoms with van der Waals surface area (Å²) in [5, 5.41) is 13.0. The van der Waals surface area contributed by atoms with E-state index < -0.39 is 0 Å². The maximum absolute atomic E-state index is 5.57. The van der Waals surface area contributed by atoms with E-state index >= 15 is 0 Å². The molecule has 0 saturated heterocycles. The molecule has 4 heterocycles. The summed E-state index contributed by atoms with van der Waals surface area (Å²) >= 11 is 1.85. The molecule has 0 aliphatic carbocycles. The van der Waals surface area contributed by atoms with E-state index in [4.69, 9.17) is 15.0 Å². The first-order valence-electron chi connectivity index (χ1n) is 16.5. The van der Waals surface area contributed by atoms with Gasteiger partial charge in [0.05, 0.1) is 27.9 Å². The van der Waals surface area contributed by atoms with Crippen molar-refractivity contribution >= 4 is 96.5 Å². The van der Waals surface area contributed by atoms with Gasteiger partial charge in [-0.25, -0.2) is 9.97 Å². The third kappa shape index (κ3) is 3.80. The first-order chi connectivity index (χ1) is 24.3. The first kappa shape index (κ1) is 26.8. The molecular formula is C45H25N3S. The van der Waals surface area contributed by atoms with Crippen LogP contribution in [0.1, 0.15) is 0 Å². The zero-order valence-electron chi connectivity index (χ0n) is 26.2. The summed E-state index contributed by atoms with van der Waals surface area (Å²) in [7, 11) is 0. The van der Waals surface area contributed by atoms with E-state index in [0.717, 1.165) is 76.8 Å². The van der Waals surface area contributed by atoms with Crippen LogP contribution in [0.5, 0.6) is 0 Å². The van der Waals surface area contributed by atoms with Gasteiger partial charge < -0.3 is 0 Å². The lowest BCUT2D eigenvalue weighted by molar-refractivity contribution is 1.38. The summed E-state index contributed by atoms with van der Waals surface area (Å²) in [5.74, 6) is 0. The molecule has 0 radical (unpaired) electrons. The van der Waals surface area contributed by atoms with E-state index in [9.17, 15) is 0 Å². The van der Waals surface area contributed by atoms with Crippen LogP contribution in [0.4, 0.5) is 0 Å². The number of pyridine rings is 3. The summed E-state index contributed by atoms with van der Waals surface area (Å²) in [6.07, 6.45) is 1.85. The monoisotopic (exact) mass is 639 g/mol. The minimum Gasteiger partial charge on any atom is -0.254 e. The van der Waals surface area contributed by atoms with Crippen LogP contribution in [0.3, 0.4) is 0 Å². The molecule has 0 unspecified atom stereocenters. The standard InChI is InChI=1S/C45H25N3S/c1-3-13-30-28(11-1)39(35-22-21-27-20-19-26-10-9-25-46-43(26)44(27)47-35)29-12-2-4-14-31(29)40(30)45-33-16-6-5-15-32(33)41-36(48-45)23-24-38-42(41)34-17-7-8-18-37(34)49-38/h1-25H. The van der Waals surface area contributed by atoms with Crippen LogP contribution in [0.25, 0.3) is 108 Å². The van der Waals surface area contributed by atoms with Crippen LogP contribution in [0.15, 0.2) is 152 Å². The van der Waals surface area contributed by atoms with E-state index in [1.807, 2.05) is 23.6 Å².